The minimum atomic E-state index is -0.333. The number of halogens is 1. The van der Waals surface area contributed by atoms with Gasteiger partial charge in [0.15, 0.2) is 11.5 Å². The summed E-state index contributed by atoms with van der Waals surface area (Å²) in [5.74, 6) is 1.29. The van der Waals surface area contributed by atoms with Crippen molar-refractivity contribution >= 4 is 23.3 Å². The van der Waals surface area contributed by atoms with Crippen LogP contribution in [0.2, 0.25) is 5.02 Å². The van der Waals surface area contributed by atoms with E-state index in [0.29, 0.717) is 29.1 Å². The number of carbonyl (C=O) groups excluding carboxylic acids is 1. The zero-order chi connectivity index (χ0) is 18.7. The predicted octanol–water partition coefficient (Wildman–Crippen LogP) is 4.33. The summed E-state index contributed by atoms with van der Waals surface area (Å²) < 4.78 is 7.03. The first kappa shape index (κ1) is 18.2. The first-order valence-electron chi connectivity index (χ1n) is 8.46. The fourth-order valence-corrected chi connectivity index (χ4v) is 2.72. The van der Waals surface area contributed by atoms with Crippen molar-refractivity contribution in [2.45, 2.75) is 33.7 Å². The Morgan fingerprint density at radius 3 is 2.69 bits per heavy atom. The number of aryl methyl sites for hydroxylation is 1. The van der Waals surface area contributed by atoms with Crippen molar-refractivity contribution in [3.63, 3.8) is 0 Å². The largest absolute Gasteiger partial charge is 0.361 e. The van der Waals surface area contributed by atoms with Crippen molar-refractivity contribution in [3.8, 4) is 0 Å². The maximum absolute atomic E-state index is 12.3. The Bertz CT molecular complexity index is 897. The lowest BCUT2D eigenvalue weighted by Gasteiger charge is -2.04. The van der Waals surface area contributed by atoms with Crippen LogP contribution in [0.15, 0.2) is 40.9 Å². The normalized spacial score (nSPS) is 11.1. The Labute approximate surface area is 157 Å². The molecule has 6 nitrogen and oxygen atoms in total. The molecule has 2 heterocycles. The third kappa shape index (κ3) is 4.52. The van der Waals surface area contributed by atoms with Gasteiger partial charge in [0, 0.05) is 29.3 Å². The zero-order valence-corrected chi connectivity index (χ0v) is 15.7. The van der Waals surface area contributed by atoms with Gasteiger partial charge in [-0.25, -0.2) is 0 Å². The second-order valence-corrected chi connectivity index (χ2v) is 7.12. The van der Waals surface area contributed by atoms with Crippen molar-refractivity contribution < 1.29 is 9.32 Å². The van der Waals surface area contributed by atoms with Gasteiger partial charge in [-0.1, -0.05) is 42.7 Å². The molecule has 0 aliphatic rings. The van der Waals surface area contributed by atoms with E-state index in [2.05, 4.69) is 29.4 Å². The summed E-state index contributed by atoms with van der Waals surface area (Å²) in [7, 11) is 0. The molecule has 1 aromatic carbocycles. The Hall–Kier alpha value is -2.60. The van der Waals surface area contributed by atoms with E-state index < -0.39 is 0 Å². The van der Waals surface area contributed by atoms with Crippen molar-refractivity contribution in [2.24, 2.45) is 5.92 Å². The summed E-state index contributed by atoms with van der Waals surface area (Å²) in [6, 6.07) is 11.1. The fraction of sp³-hybridized carbons (Fsp3) is 0.316. The van der Waals surface area contributed by atoms with Crippen molar-refractivity contribution in [3.05, 3.63) is 64.1 Å². The Morgan fingerprint density at radius 2 is 2.00 bits per heavy atom. The maximum atomic E-state index is 12.3. The number of rotatable bonds is 6. The molecule has 136 valence electrons. The van der Waals surface area contributed by atoms with Gasteiger partial charge in [-0.05, 0) is 30.5 Å². The Morgan fingerprint density at radius 1 is 1.27 bits per heavy atom. The topological polar surface area (TPSA) is 73.0 Å². The van der Waals surface area contributed by atoms with Crippen LogP contribution in [0, 0.1) is 12.8 Å². The van der Waals surface area contributed by atoms with Gasteiger partial charge in [-0.3, -0.25) is 9.48 Å². The molecule has 0 spiro atoms. The van der Waals surface area contributed by atoms with E-state index >= 15 is 0 Å². The lowest BCUT2D eigenvalue weighted by atomic mass is 10.1. The smallest absolute Gasteiger partial charge is 0.279 e. The molecule has 0 fully saturated rings. The lowest BCUT2D eigenvalue weighted by molar-refractivity contribution is 0.101. The number of aromatic nitrogens is 3. The lowest BCUT2D eigenvalue weighted by Crippen LogP contribution is -2.13. The first-order valence-corrected chi connectivity index (χ1v) is 8.84. The van der Waals surface area contributed by atoms with Crippen LogP contribution in [0.4, 0.5) is 5.82 Å². The number of hydrogen-bond donors (Lipinski definition) is 1. The molecule has 7 heteroatoms. The zero-order valence-electron chi connectivity index (χ0n) is 15.0. The van der Waals surface area contributed by atoms with Crippen LogP contribution in [0.3, 0.4) is 0 Å². The van der Waals surface area contributed by atoms with Crippen LogP contribution < -0.4 is 5.32 Å². The number of nitrogens with one attached hydrogen (secondary N) is 1. The summed E-state index contributed by atoms with van der Waals surface area (Å²) in [4.78, 5) is 12.3. The van der Waals surface area contributed by atoms with Crippen molar-refractivity contribution in [1.82, 2.24) is 14.9 Å². The van der Waals surface area contributed by atoms with E-state index in [1.807, 2.05) is 41.9 Å². The highest BCUT2D eigenvalue weighted by Crippen LogP contribution is 2.15. The van der Waals surface area contributed by atoms with Gasteiger partial charge in [0.05, 0.1) is 6.54 Å². The van der Waals surface area contributed by atoms with E-state index in [4.69, 9.17) is 16.1 Å². The Kier molecular flexibility index (Phi) is 5.42. The molecule has 0 aliphatic carbocycles. The van der Waals surface area contributed by atoms with E-state index in [1.165, 1.54) is 0 Å². The predicted molar refractivity (Wildman–Crippen MR) is 101 cm³/mol. The van der Waals surface area contributed by atoms with Crippen LogP contribution >= 0.6 is 11.6 Å². The second kappa shape index (κ2) is 7.74. The molecule has 26 heavy (non-hydrogen) atoms. The molecule has 0 radical (unpaired) electrons. The van der Waals surface area contributed by atoms with Crippen LogP contribution in [-0.2, 0) is 13.0 Å². The van der Waals surface area contributed by atoms with Crippen LogP contribution in [-0.4, -0.2) is 20.8 Å². The summed E-state index contributed by atoms with van der Waals surface area (Å²) in [6.07, 6.45) is 0.745. The van der Waals surface area contributed by atoms with Crippen LogP contribution in [0.1, 0.15) is 41.4 Å². The number of amides is 1. The minimum absolute atomic E-state index is 0.255. The first-order chi connectivity index (χ1) is 12.4. The van der Waals surface area contributed by atoms with E-state index in [-0.39, 0.29) is 11.6 Å². The summed E-state index contributed by atoms with van der Waals surface area (Å²) in [5, 5.41) is 11.7. The number of benzene rings is 1. The quantitative estimate of drug-likeness (QED) is 0.698. The van der Waals surface area contributed by atoms with E-state index in [1.54, 1.807) is 6.07 Å². The molecule has 0 unspecified atom stereocenters. The molecule has 0 bridgehead atoms. The molecule has 0 aliphatic heterocycles. The van der Waals surface area contributed by atoms with Crippen LogP contribution in [0.25, 0.3) is 0 Å². The summed E-state index contributed by atoms with van der Waals surface area (Å²) in [6.45, 7) is 6.70. The van der Waals surface area contributed by atoms with Gasteiger partial charge < -0.3 is 9.84 Å². The monoisotopic (exact) mass is 372 g/mol. The van der Waals surface area contributed by atoms with Crippen LogP contribution in [0.5, 0.6) is 0 Å². The number of anilines is 1. The molecule has 1 N–H and O–H groups in total. The van der Waals surface area contributed by atoms with Gasteiger partial charge in [0.1, 0.15) is 5.76 Å². The Balaban J connectivity index is 1.67. The molecular weight excluding hydrogens is 352 g/mol. The number of carbonyl (C=O) groups is 1. The third-order valence-corrected chi connectivity index (χ3v) is 4.12. The average Bonchev–Trinajstić information content (AvgIpc) is 3.16. The van der Waals surface area contributed by atoms with Gasteiger partial charge in [-0.2, -0.15) is 5.10 Å². The molecule has 0 saturated heterocycles. The van der Waals surface area contributed by atoms with E-state index in [0.717, 1.165) is 17.7 Å². The molecule has 3 rings (SSSR count). The molecular formula is C19H21ClN4O2. The molecule has 3 aromatic rings. The highest BCUT2D eigenvalue weighted by Gasteiger charge is 2.15. The third-order valence-electron chi connectivity index (χ3n) is 3.87. The van der Waals surface area contributed by atoms with Crippen molar-refractivity contribution in [2.75, 3.05) is 5.32 Å². The molecule has 1 amide bonds. The summed E-state index contributed by atoms with van der Waals surface area (Å²) >= 11 is 5.91. The summed E-state index contributed by atoms with van der Waals surface area (Å²) in [5.41, 5.74) is 2.27. The fourth-order valence-electron chi connectivity index (χ4n) is 2.59. The number of hydrogen-bond acceptors (Lipinski definition) is 4. The maximum Gasteiger partial charge on any atom is 0.279 e. The average molecular weight is 373 g/mol. The highest BCUT2D eigenvalue weighted by atomic mass is 35.5. The van der Waals surface area contributed by atoms with Gasteiger partial charge in [0.2, 0.25) is 0 Å². The standard InChI is InChI=1S/C19H21ClN4O2/c1-12(2)8-16-10-17(23-26-16)19(25)21-18-9-13(3)24(22-18)11-14-4-6-15(20)7-5-14/h4-7,9-10,12H,8,11H2,1-3H3,(H,21,22,25). The van der Waals surface area contributed by atoms with Gasteiger partial charge >= 0.3 is 0 Å². The molecule has 2 aromatic heterocycles. The SMILES string of the molecule is Cc1cc(NC(=O)c2cc(CC(C)C)on2)nn1Cc1ccc(Cl)cc1. The highest BCUT2D eigenvalue weighted by molar-refractivity contribution is 6.30. The molecule has 0 saturated carbocycles. The number of nitrogens with zero attached hydrogens (tertiary/aromatic N) is 3. The van der Waals surface area contributed by atoms with Crippen molar-refractivity contribution in [1.29, 1.82) is 0 Å². The minimum Gasteiger partial charge on any atom is -0.361 e. The second-order valence-electron chi connectivity index (χ2n) is 6.69. The molecule has 0 atom stereocenters. The van der Waals surface area contributed by atoms with Gasteiger partial charge in [-0.15, -0.1) is 0 Å². The van der Waals surface area contributed by atoms with Gasteiger partial charge in [0.25, 0.3) is 5.91 Å². The van der Waals surface area contributed by atoms with E-state index in [9.17, 15) is 4.79 Å².